The van der Waals surface area contributed by atoms with Crippen LogP contribution in [0, 0.1) is 11.6 Å². The second-order valence-corrected chi connectivity index (χ2v) is 6.45. The molecule has 0 spiro atoms. The van der Waals surface area contributed by atoms with Crippen molar-refractivity contribution in [3.63, 3.8) is 0 Å². The molecular formula is C17H17F2NS. The highest BCUT2D eigenvalue weighted by Gasteiger charge is 2.31. The molecule has 1 N–H and O–H groups in total. The molecule has 1 nitrogen and oxygen atoms in total. The van der Waals surface area contributed by atoms with E-state index in [1.807, 2.05) is 19.1 Å². The summed E-state index contributed by atoms with van der Waals surface area (Å²) in [7, 11) is 0. The summed E-state index contributed by atoms with van der Waals surface area (Å²) in [6.07, 6.45) is 0.898. The molecule has 0 radical (unpaired) electrons. The van der Waals surface area contributed by atoms with Crippen molar-refractivity contribution in [1.82, 2.24) is 5.32 Å². The standard InChI is InChI=1S/C17H17F2NS/c1-2-20-17(13-8-7-12(18)10-14(13)19)16-9-11-5-3-4-6-15(11)21-16/h3-8,10,16-17,20H,2,9H2,1H3. The van der Waals surface area contributed by atoms with E-state index in [9.17, 15) is 8.78 Å². The number of hydrogen-bond acceptors (Lipinski definition) is 2. The van der Waals surface area contributed by atoms with Crippen LogP contribution in [-0.2, 0) is 6.42 Å². The van der Waals surface area contributed by atoms with Gasteiger partial charge in [-0.1, -0.05) is 31.2 Å². The summed E-state index contributed by atoms with van der Waals surface area (Å²) in [5, 5.41) is 3.58. The third kappa shape index (κ3) is 2.97. The molecule has 1 aliphatic rings. The Balaban J connectivity index is 1.89. The Bertz CT molecular complexity index is 619. The van der Waals surface area contributed by atoms with E-state index < -0.39 is 11.6 Å². The summed E-state index contributed by atoms with van der Waals surface area (Å²) in [4.78, 5) is 1.26. The summed E-state index contributed by atoms with van der Waals surface area (Å²) in [6, 6.07) is 12.0. The molecule has 0 amide bonds. The lowest BCUT2D eigenvalue weighted by molar-refractivity contribution is 0.491. The average Bonchev–Trinajstić information content (AvgIpc) is 2.89. The number of hydrogen-bond donors (Lipinski definition) is 1. The van der Waals surface area contributed by atoms with Crippen LogP contribution in [0.5, 0.6) is 0 Å². The maximum atomic E-state index is 14.1. The number of nitrogens with one attached hydrogen (secondary N) is 1. The van der Waals surface area contributed by atoms with E-state index in [1.54, 1.807) is 17.8 Å². The topological polar surface area (TPSA) is 12.0 Å². The van der Waals surface area contributed by atoms with Gasteiger partial charge in [-0.15, -0.1) is 11.8 Å². The Morgan fingerprint density at radius 2 is 2.05 bits per heavy atom. The predicted molar refractivity (Wildman–Crippen MR) is 82.6 cm³/mol. The molecule has 21 heavy (non-hydrogen) atoms. The SMILES string of the molecule is CCNC(c1ccc(F)cc1F)C1Cc2ccccc2S1. The molecule has 0 saturated heterocycles. The highest BCUT2D eigenvalue weighted by atomic mass is 32.2. The first-order chi connectivity index (χ1) is 10.2. The van der Waals surface area contributed by atoms with Gasteiger partial charge in [0, 0.05) is 27.8 Å². The van der Waals surface area contributed by atoms with Crippen LogP contribution in [0.1, 0.15) is 24.1 Å². The van der Waals surface area contributed by atoms with Crippen LogP contribution in [0.25, 0.3) is 0 Å². The lowest BCUT2D eigenvalue weighted by Crippen LogP contribution is -2.30. The molecule has 0 bridgehead atoms. The largest absolute Gasteiger partial charge is 0.309 e. The fourth-order valence-corrected chi connectivity index (χ4v) is 4.24. The van der Waals surface area contributed by atoms with E-state index in [0.29, 0.717) is 5.56 Å². The van der Waals surface area contributed by atoms with Crippen molar-refractivity contribution in [3.8, 4) is 0 Å². The van der Waals surface area contributed by atoms with Gasteiger partial charge < -0.3 is 5.32 Å². The van der Waals surface area contributed by atoms with Crippen LogP contribution in [0.4, 0.5) is 8.78 Å². The van der Waals surface area contributed by atoms with E-state index >= 15 is 0 Å². The highest BCUT2D eigenvalue weighted by Crippen LogP contribution is 2.42. The highest BCUT2D eigenvalue weighted by molar-refractivity contribution is 8.00. The lowest BCUT2D eigenvalue weighted by atomic mass is 9.98. The van der Waals surface area contributed by atoms with Crippen molar-refractivity contribution >= 4 is 11.8 Å². The number of thioether (sulfide) groups is 1. The molecule has 110 valence electrons. The van der Waals surface area contributed by atoms with Gasteiger partial charge in [-0.3, -0.25) is 0 Å². The van der Waals surface area contributed by atoms with Crippen molar-refractivity contribution in [1.29, 1.82) is 0 Å². The maximum absolute atomic E-state index is 14.1. The molecule has 0 aliphatic carbocycles. The Hall–Kier alpha value is -1.39. The molecule has 2 aromatic carbocycles. The minimum Gasteiger partial charge on any atom is -0.309 e. The number of rotatable bonds is 4. The van der Waals surface area contributed by atoms with E-state index in [2.05, 4.69) is 17.4 Å². The predicted octanol–water partition coefficient (Wildman–Crippen LogP) is 4.33. The van der Waals surface area contributed by atoms with Crippen LogP contribution in [0.2, 0.25) is 0 Å². The second kappa shape index (κ2) is 6.16. The van der Waals surface area contributed by atoms with Gasteiger partial charge in [0.2, 0.25) is 0 Å². The zero-order valence-corrected chi connectivity index (χ0v) is 12.6. The number of benzene rings is 2. The van der Waals surface area contributed by atoms with Crippen LogP contribution >= 0.6 is 11.8 Å². The Kier molecular flexibility index (Phi) is 4.27. The first-order valence-corrected chi connectivity index (χ1v) is 8.00. The van der Waals surface area contributed by atoms with Crippen molar-refractivity contribution in [2.24, 2.45) is 0 Å². The molecule has 2 unspecified atom stereocenters. The molecule has 4 heteroatoms. The smallest absolute Gasteiger partial charge is 0.130 e. The van der Waals surface area contributed by atoms with Gasteiger partial charge in [-0.05, 0) is 30.7 Å². The van der Waals surface area contributed by atoms with Gasteiger partial charge in [0.25, 0.3) is 0 Å². The van der Waals surface area contributed by atoms with E-state index in [0.717, 1.165) is 19.0 Å². The van der Waals surface area contributed by atoms with Gasteiger partial charge in [-0.25, -0.2) is 8.78 Å². The Labute approximate surface area is 127 Å². The van der Waals surface area contributed by atoms with Crippen LogP contribution in [-0.4, -0.2) is 11.8 Å². The maximum Gasteiger partial charge on any atom is 0.130 e. The quantitative estimate of drug-likeness (QED) is 0.902. The summed E-state index contributed by atoms with van der Waals surface area (Å²) >= 11 is 1.77. The minimum atomic E-state index is -0.533. The van der Waals surface area contributed by atoms with Gasteiger partial charge in [-0.2, -0.15) is 0 Å². The summed E-state index contributed by atoms with van der Waals surface area (Å²) in [5.41, 5.74) is 1.85. The third-order valence-electron chi connectivity index (χ3n) is 3.77. The van der Waals surface area contributed by atoms with Crippen molar-refractivity contribution in [2.75, 3.05) is 6.54 Å². The second-order valence-electron chi connectivity index (χ2n) is 5.17. The molecule has 3 rings (SSSR count). The van der Waals surface area contributed by atoms with E-state index in [-0.39, 0.29) is 11.3 Å². The fraction of sp³-hybridized carbons (Fsp3) is 0.294. The zero-order chi connectivity index (χ0) is 14.8. The summed E-state index contributed by atoms with van der Waals surface area (Å²) in [5.74, 6) is -1.01. The Morgan fingerprint density at radius 3 is 2.76 bits per heavy atom. The van der Waals surface area contributed by atoms with E-state index in [1.165, 1.54) is 16.5 Å². The number of halogens is 2. The molecule has 1 heterocycles. The van der Waals surface area contributed by atoms with Crippen molar-refractivity contribution in [3.05, 3.63) is 65.2 Å². The molecule has 0 fully saturated rings. The molecular weight excluding hydrogens is 288 g/mol. The summed E-state index contributed by atoms with van der Waals surface area (Å²) < 4.78 is 27.2. The normalized spacial score (nSPS) is 18.5. The molecule has 1 aliphatic heterocycles. The molecule has 0 aromatic heterocycles. The number of fused-ring (bicyclic) bond motifs is 1. The first kappa shape index (κ1) is 14.5. The lowest BCUT2D eigenvalue weighted by Gasteiger charge is -2.24. The Morgan fingerprint density at radius 1 is 1.24 bits per heavy atom. The minimum absolute atomic E-state index is 0.118. The van der Waals surface area contributed by atoms with Gasteiger partial charge in [0.05, 0.1) is 0 Å². The van der Waals surface area contributed by atoms with E-state index in [4.69, 9.17) is 0 Å². The third-order valence-corrected chi connectivity index (χ3v) is 5.16. The van der Waals surface area contributed by atoms with Crippen LogP contribution < -0.4 is 5.32 Å². The van der Waals surface area contributed by atoms with Gasteiger partial charge in [0.15, 0.2) is 0 Å². The fourth-order valence-electron chi connectivity index (χ4n) is 2.81. The van der Waals surface area contributed by atoms with Gasteiger partial charge in [0.1, 0.15) is 11.6 Å². The summed E-state index contributed by atoms with van der Waals surface area (Å²) in [6.45, 7) is 2.75. The zero-order valence-electron chi connectivity index (χ0n) is 11.8. The molecule has 2 atom stereocenters. The van der Waals surface area contributed by atoms with Crippen molar-refractivity contribution < 1.29 is 8.78 Å². The van der Waals surface area contributed by atoms with Crippen LogP contribution in [0.15, 0.2) is 47.4 Å². The molecule has 0 saturated carbocycles. The van der Waals surface area contributed by atoms with Crippen LogP contribution in [0.3, 0.4) is 0 Å². The molecule has 2 aromatic rings. The average molecular weight is 305 g/mol. The monoisotopic (exact) mass is 305 g/mol. The van der Waals surface area contributed by atoms with Gasteiger partial charge >= 0.3 is 0 Å². The first-order valence-electron chi connectivity index (χ1n) is 7.12. The van der Waals surface area contributed by atoms with Crippen molar-refractivity contribution in [2.45, 2.75) is 29.5 Å².